The minimum Gasteiger partial charge on any atom is -0.557 e. The van der Waals surface area contributed by atoms with Gasteiger partial charge in [-0.15, -0.1) is 0 Å². The van der Waals surface area contributed by atoms with Gasteiger partial charge in [-0.2, -0.15) is 16.8 Å². The summed E-state index contributed by atoms with van der Waals surface area (Å²) in [5.74, 6) is 0.900. The average molecular weight is 373 g/mol. The third-order valence-electron chi connectivity index (χ3n) is 4.70. The first-order valence-corrected chi connectivity index (χ1v) is 9.88. The van der Waals surface area contributed by atoms with Crippen molar-refractivity contribution in [3.63, 3.8) is 0 Å². The largest absolute Gasteiger partial charge is 0.557 e. The maximum Gasteiger partial charge on any atom is 0.241 e. The number of hydrogen-bond acceptors (Lipinski definition) is 7. The number of thioether (sulfide) groups is 1. The highest BCUT2D eigenvalue weighted by Gasteiger charge is 2.45. The maximum absolute atomic E-state index is 12.9. The SMILES string of the molecule is CSCCC(C(=O)NC1CC(C)(C)N(O)C(C)(C)C1)N1C=C(N)O[N-]1. The van der Waals surface area contributed by atoms with Crippen LogP contribution in [0.5, 0.6) is 0 Å². The Kier molecular flexibility index (Phi) is 6.13. The Labute approximate surface area is 154 Å². The summed E-state index contributed by atoms with van der Waals surface area (Å²) in [6, 6.07) is -0.491. The molecule has 1 amide bonds. The molecule has 1 fully saturated rings. The lowest BCUT2D eigenvalue weighted by molar-refractivity contribution is -0.246. The summed E-state index contributed by atoms with van der Waals surface area (Å²) >= 11 is 1.67. The van der Waals surface area contributed by atoms with Gasteiger partial charge in [0.1, 0.15) is 0 Å². The smallest absolute Gasteiger partial charge is 0.241 e. The summed E-state index contributed by atoms with van der Waals surface area (Å²) < 4.78 is 0. The molecular weight excluding hydrogens is 342 g/mol. The molecule has 4 N–H and O–H groups in total. The van der Waals surface area contributed by atoms with E-state index in [1.165, 1.54) is 16.3 Å². The van der Waals surface area contributed by atoms with E-state index in [2.05, 4.69) is 10.9 Å². The van der Waals surface area contributed by atoms with Crippen molar-refractivity contribution >= 4 is 17.7 Å². The number of amides is 1. The molecule has 2 heterocycles. The number of nitrogens with zero attached hydrogens (tertiary/aromatic N) is 3. The van der Waals surface area contributed by atoms with Crippen LogP contribution in [0, 0.1) is 0 Å². The topological polar surface area (TPSA) is 105 Å². The number of carbonyl (C=O) groups is 1. The zero-order valence-corrected chi connectivity index (χ0v) is 16.5. The minimum atomic E-state index is -0.466. The molecule has 144 valence electrons. The van der Waals surface area contributed by atoms with Crippen LogP contribution in [-0.2, 0) is 9.63 Å². The Morgan fingerprint density at radius 3 is 2.56 bits per heavy atom. The van der Waals surface area contributed by atoms with Crippen LogP contribution in [0.2, 0.25) is 0 Å². The van der Waals surface area contributed by atoms with Crippen LogP contribution < -0.4 is 11.1 Å². The van der Waals surface area contributed by atoms with Crippen LogP contribution in [-0.4, -0.2) is 56.4 Å². The molecule has 2 rings (SSSR count). The van der Waals surface area contributed by atoms with E-state index < -0.39 is 17.1 Å². The van der Waals surface area contributed by atoms with E-state index in [4.69, 9.17) is 10.6 Å². The first-order chi connectivity index (χ1) is 11.6. The molecule has 0 aromatic rings. The fourth-order valence-corrected chi connectivity index (χ4v) is 4.16. The predicted molar refractivity (Wildman–Crippen MR) is 98.3 cm³/mol. The summed E-state index contributed by atoms with van der Waals surface area (Å²) in [5.41, 5.74) is 8.61. The molecule has 0 aliphatic carbocycles. The standard InChI is InChI=1S/C16H30N5O3S/c1-15(2)8-11(9-16(3,4)21(15)23)18-14(22)12(6-7-25-5)20-10-13(17)24-19-20/h10-12,23H,6-9,17H2,1-5H3,(H,18,22)/q-1. The molecule has 0 aromatic carbocycles. The third-order valence-corrected chi connectivity index (χ3v) is 5.35. The van der Waals surface area contributed by atoms with Crippen LogP contribution >= 0.6 is 11.8 Å². The van der Waals surface area contributed by atoms with Crippen LogP contribution in [0.3, 0.4) is 0 Å². The highest BCUT2D eigenvalue weighted by Crippen LogP contribution is 2.36. The van der Waals surface area contributed by atoms with Gasteiger partial charge < -0.3 is 31.7 Å². The van der Waals surface area contributed by atoms with Gasteiger partial charge >= 0.3 is 0 Å². The molecule has 9 heteroatoms. The fourth-order valence-electron chi connectivity index (χ4n) is 3.70. The van der Waals surface area contributed by atoms with Crippen molar-refractivity contribution < 1.29 is 14.8 Å². The van der Waals surface area contributed by atoms with Gasteiger partial charge in [0.15, 0.2) is 5.88 Å². The van der Waals surface area contributed by atoms with E-state index >= 15 is 0 Å². The zero-order valence-electron chi connectivity index (χ0n) is 15.7. The van der Waals surface area contributed by atoms with Crippen molar-refractivity contribution in [1.29, 1.82) is 0 Å². The van der Waals surface area contributed by atoms with E-state index in [0.29, 0.717) is 19.3 Å². The number of hydroxylamine groups is 2. The van der Waals surface area contributed by atoms with Crippen LogP contribution in [0.4, 0.5) is 0 Å². The molecule has 1 saturated heterocycles. The van der Waals surface area contributed by atoms with E-state index in [9.17, 15) is 10.0 Å². The number of piperidine rings is 1. The van der Waals surface area contributed by atoms with Crippen molar-refractivity contribution in [2.45, 2.75) is 70.1 Å². The molecule has 25 heavy (non-hydrogen) atoms. The van der Waals surface area contributed by atoms with Crippen LogP contribution in [0.25, 0.3) is 5.59 Å². The van der Waals surface area contributed by atoms with Crippen LogP contribution in [0.15, 0.2) is 12.1 Å². The van der Waals surface area contributed by atoms with Gasteiger partial charge in [-0.05, 0) is 59.0 Å². The molecule has 2 aliphatic rings. The van der Waals surface area contributed by atoms with Gasteiger partial charge in [0.25, 0.3) is 0 Å². The normalized spacial score (nSPS) is 24.6. The van der Waals surface area contributed by atoms with E-state index in [1.54, 1.807) is 11.8 Å². The Balaban J connectivity index is 2.07. The Bertz CT molecular complexity index is 508. The summed E-state index contributed by atoms with van der Waals surface area (Å²) in [4.78, 5) is 17.8. The van der Waals surface area contributed by atoms with E-state index in [0.717, 1.165) is 5.75 Å². The predicted octanol–water partition coefficient (Wildman–Crippen LogP) is 1.93. The van der Waals surface area contributed by atoms with Gasteiger partial charge in [0, 0.05) is 23.3 Å². The van der Waals surface area contributed by atoms with Crippen molar-refractivity contribution in [2.24, 2.45) is 5.73 Å². The van der Waals surface area contributed by atoms with Gasteiger partial charge in [-0.25, -0.2) is 0 Å². The number of nitrogens with one attached hydrogen (secondary N) is 1. The number of rotatable bonds is 6. The van der Waals surface area contributed by atoms with Crippen molar-refractivity contribution in [3.8, 4) is 0 Å². The summed E-state index contributed by atoms with van der Waals surface area (Å²) in [5, 5.41) is 16.4. The molecular formula is C16H30N5O3S-. The molecule has 0 spiro atoms. The second-order valence-electron chi connectivity index (χ2n) is 7.93. The number of hydrogen-bond donors (Lipinski definition) is 3. The second kappa shape index (κ2) is 7.61. The molecule has 0 bridgehead atoms. The Morgan fingerprint density at radius 2 is 2.08 bits per heavy atom. The van der Waals surface area contributed by atoms with Crippen molar-refractivity contribution in [2.75, 3.05) is 12.0 Å². The second-order valence-corrected chi connectivity index (χ2v) is 8.92. The monoisotopic (exact) mass is 372 g/mol. The van der Waals surface area contributed by atoms with Crippen LogP contribution in [0.1, 0.15) is 47.0 Å². The first kappa shape index (κ1) is 20.2. The van der Waals surface area contributed by atoms with E-state index in [1.807, 2.05) is 34.0 Å². The average Bonchev–Trinajstić information content (AvgIpc) is 2.91. The number of carbonyl (C=O) groups excluding carboxylic acids is 1. The zero-order chi connectivity index (χ0) is 18.8. The minimum absolute atomic E-state index is 0.0254. The Morgan fingerprint density at radius 1 is 1.48 bits per heavy atom. The maximum atomic E-state index is 12.9. The molecule has 8 nitrogen and oxygen atoms in total. The van der Waals surface area contributed by atoms with Crippen molar-refractivity contribution in [3.05, 3.63) is 17.7 Å². The van der Waals surface area contributed by atoms with Gasteiger partial charge in [-0.3, -0.25) is 4.79 Å². The lowest BCUT2D eigenvalue weighted by Crippen LogP contribution is -2.63. The van der Waals surface area contributed by atoms with Gasteiger partial charge in [0.2, 0.25) is 5.91 Å². The first-order valence-electron chi connectivity index (χ1n) is 8.49. The lowest BCUT2D eigenvalue weighted by atomic mass is 9.79. The molecule has 1 unspecified atom stereocenters. The van der Waals surface area contributed by atoms with Gasteiger partial charge in [0.05, 0.1) is 6.04 Å². The summed E-state index contributed by atoms with van der Waals surface area (Å²) in [6.45, 7) is 7.91. The molecule has 0 saturated carbocycles. The summed E-state index contributed by atoms with van der Waals surface area (Å²) in [7, 11) is 0. The lowest BCUT2D eigenvalue weighted by Gasteiger charge is -2.51. The molecule has 0 aromatic heterocycles. The quantitative estimate of drug-likeness (QED) is 0.654. The number of nitrogens with two attached hydrogens (primary N) is 1. The fraction of sp³-hybridized carbons (Fsp3) is 0.812. The third kappa shape index (κ3) is 4.72. The van der Waals surface area contributed by atoms with Gasteiger partial charge in [-0.1, -0.05) is 0 Å². The highest BCUT2D eigenvalue weighted by atomic mass is 32.2. The van der Waals surface area contributed by atoms with Crippen molar-refractivity contribution in [1.82, 2.24) is 15.4 Å². The van der Waals surface area contributed by atoms with E-state index in [-0.39, 0.29) is 17.8 Å². The molecule has 2 aliphatic heterocycles. The summed E-state index contributed by atoms with van der Waals surface area (Å²) in [6.07, 6.45) is 5.50. The molecule has 1 atom stereocenters. The Hall–Kier alpha value is -1.16. The molecule has 0 radical (unpaired) electrons. The highest BCUT2D eigenvalue weighted by molar-refractivity contribution is 7.98.